The molecule has 2 rings (SSSR count). The van der Waals surface area contributed by atoms with Crippen molar-refractivity contribution in [2.45, 2.75) is 6.54 Å². The number of aromatic nitrogens is 4. The van der Waals surface area contributed by atoms with Gasteiger partial charge in [0.25, 0.3) is 0 Å². The van der Waals surface area contributed by atoms with Crippen LogP contribution in [0, 0.1) is 0 Å². The molecule has 11 heavy (non-hydrogen) atoms. The largest absolute Gasteiger partial charge is 0.275 e. The van der Waals surface area contributed by atoms with Gasteiger partial charge in [0.2, 0.25) is 0 Å². The van der Waals surface area contributed by atoms with Gasteiger partial charge in [0.15, 0.2) is 0 Å². The SMILES string of the molecule is [NH]Cc1ncc2[nH]ncc2n1. The summed E-state index contributed by atoms with van der Waals surface area (Å²) in [7, 11) is 0. The second-order valence-electron chi connectivity index (χ2n) is 2.13. The summed E-state index contributed by atoms with van der Waals surface area (Å²) in [4.78, 5) is 7.99. The number of nitrogens with zero attached hydrogens (tertiary/aromatic N) is 3. The molecule has 55 valence electrons. The van der Waals surface area contributed by atoms with E-state index < -0.39 is 0 Å². The highest BCUT2D eigenvalue weighted by atomic mass is 15.1. The van der Waals surface area contributed by atoms with Crippen molar-refractivity contribution in [2.75, 3.05) is 0 Å². The van der Waals surface area contributed by atoms with Gasteiger partial charge in [-0.05, 0) is 0 Å². The minimum absolute atomic E-state index is 0.112. The van der Waals surface area contributed by atoms with E-state index >= 15 is 0 Å². The summed E-state index contributed by atoms with van der Waals surface area (Å²) in [6.45, 7) is 0.112. The molecule has 0 aliphatic carbocycles. The van der Waals surface area contributed by atoms with Crippen LogP contribution in [0.1, 0.15) is 5.82 Å². The Bertz CT molecular complexity index is 366. The number of hydrogen-bond donors (Lipinski definition) is 1. The summed E-state index contributed by atoms with van der Waals surface area (Å²) in [6, 6.07) is 0. The zero-order valence-corrected chi connectivity index (χ0v) is 5.70. The van der Waals surface area contributed by atoms with E-state index in [1.165, 1.54) is 0 Å². The molecular weight excluding hydrogens is 142 g/mol. The fraction of sp³-hybridized carbons (Fsp3) is 0.167. The van der Waals surface area contributed by atoms with Crippen LogP contribution in [0.5, 0.6) is 0 Å². The summed E-state index contributed by atoms with van der Waals surface area (Å²) in [6.07, 6.45) is 3.26. The van der Waals surface area contributed by atoms with Crippen LogP contribution in [0.3, 0.4) is 0 Å². The molecule has 0 unspecified atom stereocenters. The second kappa shape index (κ2) is 2.28. The maximum absolute atomic E-state index is 7.02. The molecule has 0 aromatic carbocycles. The molecule has 2 aromatic rings. The molecule has 0 amide bonds. The smallest absolute Gasteiger partial charge is 0.144 e. The lowest BCUT2D eigenvalue weighted by Crippen LogP contribution is -1.93. The van der Waals surface area contributed by atoms with Crippen LogP contribution in [0.25, 0.3) is 11.0 Å². The van der Waals surface area contributed by atoms with E-state index in [0.717, 1.165) is 11.0 Å². The normalized spacial score (nSPS) is 10.6. The zero-order valence-electron chi connectivity index (χ0n) is 5.70. The van der Waals surface area contributed by atoms with Crippen molar-refractivity contribution >= 4 is 11.0 Å². The Kier molecular flexibility index (Phi) is 1.29. The Morgan fingerprint density at radius 1 is 1.45 bits per heavy atom. The van der Waals surface area contributed by atoms with Gasteiger partial charge in [-0.2, -0.15) is 5.10 Å². The molecule has 0 atom stereocenters. The molecule has 0 fully saturated rings. The third-order valence-electron chi connectivity index (χ3n) is 1.40. The lowest BCUT2D eigenvalue weighted by atomic mass is 10.4. The lowest BCUT2D eigenvalue weighted by Gasteiger charge is -1.91. The summed E-state index contributed by atoms with van der Waals surface area (Å²) in [5.74, 6) is 0.527. The van der Waals surface area contributed by atoms with Crippen molar-refractivity contribution < 1.29 is 0 Å². The summed E-state index contributed by atoms with van der Waals surface area (Å²) < 4.78 is 0. The Balaban J connectivity index is 2.67. The van der Waals surface area contributed by atoms with Crippen LogP contribution in [-0.2, 0) is 6.54 Å². The summed E-state index contributed by atoms with van der Waals surface area (Å²) in [5, 5.41) is 6.52. The highest BCUT2D eigenvalue weighted by Gasteiger charge is 1.98. The predicted molar refractivity (Wildman–Crippen MR) is 38.5 cm³/mol. The van der Waals surface area contributed by atoms with Crippen LogP contribution in [-0.4, -0.2) is 20.2 Å². The summed E-state index contributed by atoms with van der Waals surface area (Å²) in [5.41, 5.74) is 8.59. The zero-order chi connectivity index (χ0) is 7.68. The number of H-pyrrole nitrogens is 1. The quantitative estimate of drug-likeness (QED) is 0.624. The van der Waals surface area contributed by atoms with Crippen molar-refractivity contribution in [1.82, 2.24) is 25.9 Å². The molecule has 5 nitrogen and oxygen atoms in total. The van der Waals surface area contributed by atoms with Crippen LogP contribution >= 0.6 is 0 Å². The first-order valence-corrected chi connectivity index (χ1v) is 3.20. The van der Waals surface area contributed by atoms with Crippen LogP contribution in [0.4, 0.5) is 0 Å². The number of fused-ring (bicyclic) bond motifs is 1. The predicted octanol–water partition coefficient (Wildman–Crippen LogP) is 0.136. The maximum Gasteiger partial charge on any atom is 0.144 e. The van der Waals surface area contributed by atoms with Gasteiger partial charge in [0.05, 0.1) is 18.9 Å². The highest BCUT2D eigenvalue weighted by Crippen LogP contribution is 2.04. The number of nitrogens with one attached hydrogen (secondary N) is 2. The fourth-order valence-corrected chi connectivity index (χ4v) is 0.866. The number of hydrogen-bond acceptors (Lipinski definition) is 3. The van der Waals surface area contributed by atoms with Crippen molar-refractivity contribution in [3.05, 3.63) is 18.2 Å². The average molecular weight is 148 g/mol. The molecular formula is C6H6N5. The molecule has 0 spiro atoms. The van der Waals surface area contributed by atoms with E-state index in [9.17, 15) is 0 Å². The van der Waals surface area contributed by atoms with Crippen molar-refractivity contribution in [2.24, 2.45) is 0 Å². The van der Waals surface area contributed by atoms with E-state index in [1.54, 1.807) is 12.4 Å². The van der Waals surface area contributed by atoms with Gasteiger partial charge in [-0.25, -0.2) is 15.7 Å². The highest BCUT2D eigenvalue weighted by molar-refractivity contribution is 5.71. The molecule has 0 bridgehead atoms. The molecule has 2 aromatic heterocycles. The van der Waals surface area contributed by atoms with Crippen molar-refractivity contribution in [3.8, 4) is 0 Å². The first-order valence-electron chi connectivity index (χ1n) is 3.20. The molecule has 2 N–H and O–H groups in total. The summed E-state index contributed by atoms with van der Waals surface area (Å²) >= 11 is 0. The van der Waals surface area contributed by atoms with Gasteiger partial charge >= 0.3 is 0 Å². The van der Waals surface area contributed by atoms with Crippen LogP contribution < -0.4 is 5.73 Å². The Morgan fingerprint density at radius 3 is 3.18 bits per heavy atom. The standard InChI is InChI=1S/C6H6N5/c7-1-6-8-2-5-4(10-6)3-9-11-5/h2-3,7H,1H2,(H,9,11). The average Bonchev–Trinajstić information content (AvgIpc) is 2.50. The maximum atomic E-state index is 7.02. The molecule has 0 saturated heterocycles. The van der Waals surface area contributed by atoms with Crippen molar-refractivity contribution in [3.63, 3.8) is 0 Å². The third kappa shape index (κ3) is 0.947. The molecule has 0 aliphatic heterocycles. The van der Waals surface area contributed by atoms with Crippen LogP contribution in [0.15, 0.2) is 12.4 Å². The van der Waals surface area contributed by atoms with E-state index in [4.69, 9.17) is 5.73 Å². The van der Waals surface area contributed by atoms with Gasteiger partial charge in [-0.3, -0.25) is 5.10 Å². The first-order chi connectivity index (χ1) is 5.40. The fourth-order valence-electron chi connectivity index (χ4n) is 0.866. The number of rotatable bonds is 1. The van der Waals surface area contributed by atoms with Gasteiger partial charge in [-0.15, -0.1) is 0 Å². The Hall–Kier alpha value is -1.49. The first kappa shape index (κ1) is 6.23. The minimum Gasteiger partial charge on any atom is -0.275 e. The number of aromatic amines is 1. The third-order valence-corrected chi connectivity index (χ3v) is 1.40. The second-order valence-corrected chi connectivity index (χ2v) is 2.13. The Labute approximate surface area is 62.7 Å². The van der Waals surface area contributed by atoms with Gasteiger partial charge in [-0.1, -0.05) is 0 Å². The van der Waals surface area contributed by atoms with Crippen LogP contribution in [0.2, 0.25) is 0 Å². The van der Waals surface area contributed by atoms with E-state index in [1.807, 2.05) is 0 Å². The van der Waals surface area contributed by atoms with Gasteiger partial charge in [0.1, 0.15) is 16.9 Å². The monoisotopic (exact) mass is 148 g/mol. The van der Waals surface area contributed by atoms with E-state index in [0.29, 0.717) is 5.82 Å². The molecule has 1 radical (unpaired) electrons. The minimum atomic E-state index is 0.112. The molecule has 5 heteroatoms. The van der Waals surface area contributed by atoms with Gasteiger partial charge in [0, 0.05) is 0 Å². The topological polar surface area (TPSA) is 78.3 Å². The van der Waals surface area contributed by atoms with Crippen molar-refractivity contribution in [1.29, 1.82) is 0 Å². The van der Waals surface area contributed by atoms with E-state index in [-0.39, 0.29) is 6.54 Å². The molecule has 2 heterocycles. The van der Waals surface area contributed by atoms with E-state index in [2.05, 4.69) is 20.2 Å². The molecule has 0 saturated carbocycles. The lowest BCUT2D eigenvalue weighted by molar-refractivity contribution is 0.902. The molecule has 0 aliphatic rings. The Morgan fingerprint density at radius 2 is 2.36 bits per heavy atom. The van der Waals surface area contributed by atoms with Gasteiger partial charge < -0.3 is 0 Å².